The van der Waals surface area contributed by atoms with E-state index in [2.05, 4.69) is 0 Å². The number of carbonyl (C=O) groups excluding carboxylic acids is 2. The Hall–Kier alpha value is -0.900. The molecule has 0 bridgehead atoms. The van der Waals surface area contributed by atoms with Crippen molar-refractivity contribution in [2.75, 3.05) is 0 Å². The van der Waals surface area contributed by atoms with Gasteiger partial charge >= 0.3 is 0 Å². The van der Waals surface area contributed by atoms with Gasteiger partial charge in [0.05, 0.1) is 0 Å². The maximum atomic E-state index is 11.3. The van der Waals surface area contributed by atoms with Gasteiger partial charge in [0.25, 0.3) is 0 Å². The molecule has 4 heteroatoms. The SMILES string of the molecule is CC(=O)C(N(N)C(C)=O)C(C)(C)C. The summed E-state index contributed by atoms with van der Waals surface area (Å²) in [4.78, 5) is 22.2. The molecule has 0 heterocycles. The van der Waals surface area contributed by atoms with E-state index in [1.807, 2.05) is 20.8 Å². The molecule has 1 unspecified atom stereocenters. The zero-order valence-electron chi connectivity index (χ0n) is 8.92. The minimum Gasteiger partial charge on any atom is -0.298 e. The first-order chi connectivity index (χ1) is 5.68. The summed E-state index contributed by atoms with van der Waals surface area (Å²) in [6.07, 6.45) is 0. The topological polar surface area (TPSA) is 63.4 Å². The van der Waals surface area contributed by atoms with Crippen LogP contribution < -0.4 is 5.84 Å². The second-order valence-electron chi connectivity index (χ2n) is 4.31. The second-order valence-corrected chi connectivity index (χ2v) is 4.31. The number of hydrazine groups is 1. The number of nitrogens with two attached hydrogens (primary N) is 1. The number of nitrogens with zero attached hydrogens (tertiary/aromatic N) is 1. The van der Waals surface area contributed by atoms with Gasteiger partial charge in [-0.3, -0.25) is 14.6 Å². The number of hydrogen-bond donors (Lipinski definition) is 1. The van der Waals surface area contributed by atoms with Crippen molar-refractivity contribution in [1.29, 1.82) is 0 Å². The maximum Gasteiger partial charge on any atom is 0.234 e. The molecule has 1 amide bonds. The Kier molecular flexibility index (Phi) is 3.60. The fraction of sp³-hybridized carbons (Fsp3) is 0.778. The molecule has 0 aromatic rings. The van der Waals surface area contributed by atoms with Crippen LogP contribution in [0.4, 0.5) is 0 Å². The lowest BCUT2D eigenvalue weighted by atomic mass is 9.84. The third-order valence-corrected chi connectivity index (χ3v) is 1.85. The summed E-state index contributed by atoms with van der Waals surface area (Å²) in [6.45, 7) is 8.42. The van der Waals surface area contributed by atoms with Crippen molar-refractivity contribution in [2.45, 2.75) is 40.7 Å². The Morgan fingerprint density at radius 1 is 1.23 bits per heavy atom. The zero-order chi connectivity index (χ0) is 10.8. The van der Waals surface area contributed by atoms with Crippen LogP contribution in [0.25, 0.3) is 0 Å². The monoisotopic (exact) mass is 186 g/mol. The quantitative estimate of drug-likeness (QED) is 0.392. The molecule has 0 rings (SSSR count). The average Bonchev–Trinajstić information content (AvgIpc) is 1.82. The molecule has 0 aliphatic rings. The third kappa shape index (κ3) is 3.14. The molecule has 0 aromatic carbocycles. The summed E-state index contributed by atoms with van der Waals surface area (Å²) in [6, 6.07) is -0.551. The maximum absolute atomic E-state index is 11.3. The van der Waals surface area contributed by atoms with Crippen molar-refractivity contribution in [3.8, 4) is 0 Å². The molecule has 0 aliphatic carbocycles. The summed E-state index contributed by atoms with van der Waals surface area (Å²) < 4.78 is 0. The lowest BCUT2D eigenvalue weighted by Gasteiger charge is -2.34. The number of amides is 1. The molecule has 0 saturated carbocycles. The van der Waals surface area contributed by atoms with E-state index in [0.717, 1.165) is 5.01 Å². The molecule has 0 aliphatic heterocycles. The van der Waals surface area contributed by atoms with Crippen LogP contribution in [-0.4, -0.2) is 22.7 Å². The highest BCUT2D eigenvalue weighted by Gasteiger charge is 2.34. The molecule has 0 fully saturated rings. The Morgan fingerprint density at radius 2 is 1.62 bits per heavy atom. The van der Waals surface area contributed by atoms with Crippen LogP contribution in [0.1, 0.15) is 34.6 Å². The van der Waals surface area contributed by atoms with Gasteiger partial charge in [0, 0.05) is 6.92 Å². The van der Waals surface area contributed by atoms with Gasteiger partial charge in [0.2, 0.25) is 5.91 Å². The van der Waals surface area contributed by atoms with Crippen LogP contribution in [0.5, 0.6) is 0 Å². The van der Waals surface area contributed by atoms with E-state index in [0.29, 0.717) is 0 Å². The highest BCUT2D eigenvalue weighted by Crippen LogP contribution is 2.23. The summed E-state index contributed by atoms with van der Waals surface area (Å²) in [7, 11) is 0. The normalized spacial score (nSPS) is 13.7. The third-order valence-electron chi connectivity index (χ3n) is 1.85. The molecule has 4 nitrogen and oxygen atoms in total. The standard InChI is InChI=1S/C9H18N2O2/c1-6(12)8(9(3,4)5)11(10)7(2)13/h8H,10H2,1-5H3. The summed E-state index contributed by atoms with van der Waals surface area (Å²) in [5.41, 5.74) is -0.327. The lowest BCUT2D eigenvalue weighted by molar-refractivity contribution is -0.141. The number of ketones is 1. The van der Waals surface area contributed by atoms with E-state index in [9.17, 15) is 9.59 Å². The van der Waals surface area contributed by atoms with Crippen molar-refractivity contribution in [1.82, 2.24) is 5.01 Å². The van der Waals surface area contributed by atoms with Crippen LogP contribution in [-0.2, 0) is 9.59 Å². The molecular weight excluding hydrogens is 168 g/mol. The first kappa shape index (κ1) is 12.1. The Balaban J connectivity index is 4.83. The van der Waals surface area contributed by atoms with Gasteiger partial charge in [-0.25, -0.2) is 5.84 Å². The summed E-state index contributed by atoms with van der Waals surface area (Å²) in [5, 5.41) is 1.00. The van der Waals surface area contributed by atoms with E-state index < -0.39 is 6.04 Å². The van der Waals surface area contributed by atoms with Gasteiger partial charge in [0.15, 0.2) is 5.78 Å². The van der Waals surface area contributed by atoms with Crippen molar-refractivity contribution >= 4 is 11.7 Å². The van der Waals surface area contributed by atoms with E-state index in [1.165, 1.54) is 13.8 Å². The molecule has 13 heavy (non-hydrogen) atoms. The molecule has 0 aromatic heterocycles. The largest absolute Gasteiger partial charge is 0.298 e. The van der Waals surface area contributed by atoms with Gasteiger partial charge in [0.1, 0.15) is 6.04 Å². The van der Waals surface area contributed by atoms with E-state index in [4.69, 9.17) is 5.84 Å². The zero-order valence-corrected chi connectivity index (χ0v) is 8.92. The Morgan fingerprint density at radius 3 is 1.69 bits per heavy atom. The van der Waals surface area contributed by atoms with Crippen LogP contribution >= 0.6 is 0 Å². The van der Waals surface area contributed by atoms with E-state index in [1.54, 1.807) is 0 Å². The van der Waals surface area contributed by atoms with Crippen LogP contribution in [0.2, 0.25) is 0 Å². The number of carbonyl (C=O) groups is 2. The molecular formula is C9H18N2O2. The van der Waals surface area contributed by atoms with Crippen molar-refractivity contribution in [3.05, 3.63) is 0 Å². The molecule has 0 radical (unpaired) electrons. The van der Waals surface area contributed by atoms with Crippen molar-refractivity contribution in [3.63, 3.8) is 0 Å². The summed E-state index contributed by atoms with van der Waals surface area (Å²) in [5.74, 6) is 5.12. The lowest BCUT2D eigenvalue weighted by Crippen LogP contribution is -2.54. The molecule has 0 spiro atoms. The highest BCUT2D eigenvalue weighted by atomic mass is 16.2. The molecule has 76 valence electrons. The van der Waals surface area contributed by atoms with Gasteiger partial charge in [-0.1, -0.05) is 20.8 Å². The van der Waals surface area contributed by atoms with E-state index in [-0.39, 0.29) is 17.1 Å². The number of Topliss-reactive ketones (excluding diaryl/α,β-unsaturated/α-hetero) is 1. The van der Waals surface area contributed by atoms with Gasteiger partial charge in [-0.2, -0.15) is 0 Å². The Bertz CT molecular complexity index is 218. The smallest absolute Gasteiger partial charge is 0.234 e. The first-order valence-corrected chi connectivity index (χ1v) is 4.23. The predicted octanol–water partition coefficient (Wildman–Crippen LogP) is 0.712. The van der Waals surface area contributed by atoms with Gasteiger partial charge in [-0.15, -0.1) is 0 Å². The fourth-order valence-electron chi connectivity index (χ4n) is 1.40. The molecule has 0 saturated heterocycles. The number of rotatable bonds is 2. The van der Waals surface area contributed by atoms with Crippen LogP contribution in [0, 0.1) is 5.41 Å². The minimum atomic E-state index is -0.551. The molecule has 2 N–H and O–H groups in total. The predicted molar refractivity (Wildman–Crippen MR) is 50.6 cm³/mol. The van der Waals surface area contributed by atoms with Crippen molar-refractivity contribution in [2.24, 2.45) is 11.3 Å². The minimum absolute atomic E-state index is 0.0924. The highest BCUT2D eigenvalue weighted by molar-refractivity contribution is 5.87. The van der Waals surface area contributed by atoms with Crippen molar-refractivity contribution < 1.29 is 9.59 Å². The molecule has 1 atom stereocenters. The van der Waals surface area contributed by atoms with E-state index >= 15 is 0 Å². The van der Waals surface area contributed by atoms with Gasteiger partial charge in [-0.05, 0) is 12.3 Å². The first-order valence-electron chi connectivity index (χ1n) is 4.23. The van der Waals surface area contributed by atoms with Gasteiger partial charge < -0.3 is 0 Å². The average molecular weight is 186 g/mol. The fourth-order valence-corrected chi connectivity index (χ4v) is 1.40. The Labute approximate surface area is 79.1 Å². The summed E-state index contributed by atoms with van der Waals surface area (Å²) >= 11 is 0. The second kappa shape index (κ2) is 3.87. The van der Waals surface area contributed by atoms with Crippen LogP contribution in [0.3, 0.4) is 0 Å². The van der Waals surface area contributed by atoms with Crippen LogP contribution in [0.15, 0.2) is 0 Å². The number of hydrogen-bond acceptors (Lipinski definition) is 3.